The molecule has 2 aromatic rings. The monoisotopic (exact) mass is 233 g/mol. The predicted octanol–water partition coefficient (Wildman–Crippen LogP) is 1.07. The van der Waals surface area contributed by atoms with Gasteiger partial charge in [-0.15, -0.1) is 0 Å². The van der Waals surface area contributed by atoms with Crippen LogP contribution in [0, 0.1) is 0 Å². The smallest absolute Gasteiger partial charge is 0.357 e. The number of carboxylic acids is 1. The Morgan fingerprint density at radius 3 is 2.76 bits per heavy atom. The van der Waals surface area contributed by atoms with Crippen molar-refractivity contribution in [1.82, 2.24) is 9.78 Å². The number of carbonyl (C=O) groups is 1. The molecule has 0 atom stereocenters. The zero-order valence-electron chi connectivity index (χ0n) is 9.08. The van der Waals surface area contributed by atoms with E-state index in [0.29, 0.717) is 11.1 Å². The number of nitrogens with two attached hydrogens (primary N) is 1. The first-order valence-corrected chi connectivity index (χ1v) is 4.86. The number of phenolic OH excluding ortho intramolecular Hbond substituents is 1. The van der Waals surface area contributed by atoms with Crippen molar-refractivity contribution in [2.24, 2.45) is 7.05 Å². The first kappa shape index (κ1) is 11.0. The van der Waals surface area contributed by atoms with Gasteiger partial charge in [-0.3, -0.25) is 4.68 Å². The summed E-state index contributed by atoms with van der Waals surface area (Å²) >= 11 is 0. The molecule has 17 heavy (non-hydrogen) atoms. The molecule has 0 aliphatic carbocycles. The van der Waals surface area contributed by atoms with Gasteiger partial charge in [0.15, 0.2) is 5.69 Å². The van der Waals surface area contributed by atoms with E-state index in [0.717, 1.165) is 0 Å². The molecular weight excluding hydrogens is 222 g/mol. The second kappa shape index (κ2) is 3.82. The highest BCUT2D eigenvalue weighted by Gasteiger charge is 2.21. The van der Waals surface area contributed by atoms with Crippen molar-refractivity contribution in [2.75, 3.05) is 5.73 Å². The van der Waals surface area contributed by atoms with E-state index < -0.39 is 5.97 Å². The van der Waals surface area contributed by atoms with Gasteiger partial charge >= 0.3 is 5.97 Å². The molecule has 2 rings (SSSR count). The van der Waals surface area contributed by atoms with E-state index in [-0.39, 0.29) is 17.3 Å². The van der Waals surface area contributed by atoms with E-state index in [2.05, 4.69) is 5.10 Å². The van der Waals surface area contributed by atoms with Gasteiger partial charge in [-0.25, -0.2) is 4.79 Å². The van der Waals surface area contributed by atoms with Crippen molar-refractivity contribution in [2.45, 2.75) is 0 Å². The van der Waals surface area contributed by atoms with Gasteiger partial charge < -0.3 is 15.9 Å². The van der Waals surface area contributed by atoms with E-state index >= 15 is 0 Å². The third-order valence-corrected chi connectivity index (χ3v) is 2.43. The van der Waals surface area contributed by atoms with Gasteiger partial charge in [0, 0.05) is 7.05 Å². The number of aryl methyl sites for hydroxylation is 1. The van der Waals surface area contributed by atoms with Crippen LogP contribution in [0.15, 0.2) is 24.3 Å². The van der Waals surface area contributed by atoms with Crippen LogP contribution in [-0.2, 0) is 7.05 Å². The van der Waals surface area contributed by atoms with Gasteiger partial charge in [-0.2, -0.15) is 5.10 Å². The number of carboxylic acid groups (broad SMARTS) is 1. The topological polar surface area (TPSA) is 101 Å². The number of nitrogen functional groups attached to an aromatic ring is 1. The summed E-state index contributed by atoms with van der Waals surface area (Å²) in [5, 5.41) is 22.3. The fraction of sp³-hybridized carbons (Fsp3) is 0.0909. The number of rotatable bonds is 2. The zero-order chi connectivity index (χ0) is 12.6. The highest BCUT2D eigenvalue weighted by atomic mass is 16.4. The SMILES string of the molecule is Cn1nc(C(=O)O)c(-c2cccc(O)c2)c1N. The minimum atomic E-state index is -1.16. The van der Waals surface area contributed by atoms with Gasteiger partial charge in [0.25, 0.3) is 0 Å². The Bertz CT molecular complexity index is 590. The normalized spacial score (nSPS) is 10.4. The summed E-state index contributed by atoms with van der Waals surface area (Å²) in [4.78, 5) is 11.1. The summed E-state index contributed by atoms with van der Waals surface area (Å²) < 4.78 is 1.29. The first-order chi connectivity index (χ1) is 8.00. The zero-order valence-corrected chi connectivity index (χ0v) is 9.08. The fourth-order valence-electron chi connectivity index (χ4n) is 1.63. The van der Waals surface area contributed by atoms with E-state index in [9.17, 15) is 9.90 Å². The third kappa shape index (κ3) is 1.80. The number of phenols is 1. The number of hydrogen-bond donors (Lipinski definition) is 3. The fourth-order valence-corrected chi connectivity index (χ4v) is 1.63. The summed E-state index contributed by atoms with van der Waals surface area (Å²) in [5.41, 5.74) is 6.49. The molecule has 0 saturated heterocycles. The molecule has 0 aliphatic rings. The summed E-state index contributed by atoms with van der Waals surface area (Å²) in [6.07, 6.45) is 0. The van der Waals surface area contributed by atoms with Gasteiger partial charge in [-0.1, -0.05) is 12.1 Å². The van der Waals surface area contributed by atoms with Crippen LogP contribution in [0.1, 0.15) is 10.5 Å². The molecule has 1 heterocycles. The molecule has 0 unspecified atom stereocenters. The summed E-state index contributed by atoms with van der Waals surface area (Å²) in [7, 11) is 1.56. The molecule has 1 aromatic carbocycles. The number of aromatic hydroxyl groups is 1. The Balaban J connectivity index is 2.70. The van der Waals surface area contributed by atoms with Crippen LogP contribution in [0.4, 0.5) is 5.82 Å². The van der Waals surface area contributed by atoms with Crippen molar-refractivity contribution in [1.29, 1.82) is 0 Å². The third-order valence-electron chi connectivity index (χ3n) is 2.43. The number of benzene rings is 1. The van der Waals surface area contributed by atoms with Crippen LogP contribution in [0.3, 0.4) is 0 Å². The Hall–Kier alpha value is -2.50. The second-order valence-corrected chi connectivity index (χ2v) is 3.59. The number of hydrogen-bond acceptors (Lipinski definition) is 4. The van der Waals surface area contributed by atoms with Crippen LogP contribution in [0.2, 0.25) is 0 Å². The standard InChI is InChI=1S/C11H11N3O3/c1-14-10(12)8(9(13-14)11(16)17)6-3-2-4-7(15)5-6/h2-5,15H,12H2,1H3,(H,16,17). The van der Waals surface area contributed by atoms with Crippen molar-refractivity contribution in [3.8, 4) is 16.9 Å². The van der Waals surface area contributed by atoms with Crippen LogP contribution in [0.25, 0.3) is 11.1 Å². The lowest BCUT2D eigenvalue weighted by molar-refractivity contribution is 0.0690. The molecule has 0 spiro atoms. The molecule has 0 bridgehead atoms. The number of anilines is 1. The highest BCUT2D eigenvalue weighted by molar-refractivity contribution is 5.97. The van der Waals surface area contributed by atoms with E-state index in [1.54, 1.807) is 19.2 Å². The Kier molecular flexibility index (Phi) is 2.47. The highest BCUT2D eigenvalue weighted by Crippen LogP contribution is 2.31. The summed E-state index contributed by atoms with van der Waals surface area (Å²) in [6, 6.07) is 6.22. The molecule has 6 nitrogen and oxygen atoms in total. The van der Waals surface area contributed by atoms with Gasteiger partial charge in [0.05, 0.1) is 5.56 Å². The minimum Gasteiger partial charge on any atom is -0.508 e. The second-order valence-electron chi connectivity index (χ2n) is 3.59. The molecule has 1 aromatic heterocycles. The van der Waals surface area contributed by atoms with Crippen molar-refractivity contribution >= 4 is 11.8 Å². The molecule has 0 aliphatic heterocycles. The maximum Gasteiger partial charge on any atom is 0.357 e. The lowest BCUT2D eigenvalue weighted by Crippen LogP contribution is -2.00. The molecular formula is C11H11N3O3. The quantitative estimate of drug-likeness (QED) is 0.720. The Labute approximate surface area is 96.9 Å². The van der Waals surface area contributed by atoms with Crippen LogP contribution in [0.5, 0.6) is 5.75 Å². The first-order valence-electron chi connectivity index (χ1n) is 4.86. The number of aromatic carboxylic acids is 1. The van der Waals surface area contributed by atoms with Gasteiger partial charge in [-0.05, 0) is 17.7 Å². The van der Waals surface area contributed by atoms with Gasteiger partial charge in [0.1, 0.15) is 11.6 Å². The average Bonchev–Trinajstić information content (AvgIpc) is 2.56. The van der Waals surface area contributed by atoms with Crippen molar-refractivity contribution in [3.63, 3.8) is 0 Å². The molecule has 0 radical (unpaired) electrons. The molecule has 0 saturated carbocycles. The molecule has 6 heteroatoms. The van der Waals surface area contributed by atoms with E-state index in [1.807, 2.05) is 0 Å². The van der Waals surface area contributed by atoms with E-state index in [4.69, 9.17) is 10.8 Å². The van der Waals surface area contributed by atoms with Crippen LogP contribution in [-0.4, -0.2) is 26.0 Å². The number of nitrogens with zero attached hydrogens (tertiary/aromatic N) is 2. The average molecular weight is 233 g/mol. The predicted molar refractivity (Wildman–Crippen MR) is 61.7 cm³/mol. The van der Waals surface area contributed by atoms with Crippen molar-refractivity contribution in [3.05, 3.63) is 30.0 Å². The molecule has 4 N–H and O–H groups in total. The molecule has 0 fully saturated rings. The van der Waals surface area contributed by atoms with Crippen molar-refractivity contribution < 1.29 is 15.0 Å². The molecule has 0 amide bonds. The largest absolute Gasteiger partial charge is 0.508 e. The maximum atomic E-state index is 11.1. The Morgan fingerprint density at radius 1 is 1.47 bits per heavy atom. The maximum absolute atomic E-state index is 11.1. The minimum absolute atomic E-state index is 0.0436. The Morgan fingerprint density at radius 2 is 2.18 bits per heavy atom. The van der Waals surface area contributed by atoms with Crippen LogP contribution < -0.4 is 5.73 Å². The number of aromatic nitrogens is 2. The lowest BCUT2D eigenvalue weighted by atomic mass is 10.1. The molecule has 88 valence electrons. The lowest BCUT2D eigenvalue weighted by Gasteiger charge is -2.02. The summed E-state index contributed by atoms with van der Waals surface area (Å²) in [5.74, 6) is -0.870. The van der Waals surface area contributed by atoms with Crippen LogP contribution >= 0.6 is 0 Å². The summed E-state index contributed by atoms with van der Waals surface area (Å²) in [6.45, 7) is 0. The van der Waals surface area contributed by atoms with E-state index in [1.165, 1.54) is 16.8 Å². The van der Waals surface area contributed by atoms with Gasteiger partial charge in [0.2, 0.25) is 0 Å².